The molecule has 1 rings (SSSR count). The van der Waals surface area contributed by atoms with Crippen molar-refractivity contribution < 1.29 is 14.7 Å². The Morgan fingerprint density at radius 2 is 2.11 bits per heavy atom. The molecule has 5 nitrogen and oxygen atoms in total. The molecular weight excluding hydrogens is 311 g/mol. The third-order valence-electron chi connectivity index (χ3n) is 2.05. The molecule has 0 heterocycles. The molecule has 0 radical (unpaired) electrons. The Bertz CT molecular complexity index is 485. The van der Waals surface area contributed by atoms with E-state index in [9.17, 15) is 9.59 Å². The van der Waals surface area contributed by atoms with Gasteiger partial charge in [-0.05, 0) is 18.2 Å². The molecule has 0 saturated carbocycles. The fourth-order valence-corrected chi connectivity index (χ4v) is 2.24. The quantitative estimate of drug-likeness (QED) is 0.745. The van der Waals surface area contributed by atoms with Crippen LogP contribution in [0.2, 0.25) is 10.0 Å². The van der Waals surface area contributed by atoms with Crippen LogP contribution in [0.4, 0.5) is 5.69 Å². The zero-order chi connectivity index (χ0) is 14.4. The van der Waals surface area contributed by atoms with Gasteiger partial charge in [0, 0.05) is 10.8 Å². The molecule has 0 fully saturated rings. The topological polar surface area (TPSA) is 92.4 Å². The number of carbonyl (C=O) groups excluding carboxylic acids is 1. The molecule has 0 aliphatic heterocycles. The number of nitrogens with two attached hydrogens (primary N) is 1. The lowest BCUT2D eigenvalue weighted by Crippen LogP contribution is -2.33. The Balaban J connectivity index is 2.43. The van der Waals surface area contributed by atoms with Crippen molar-refractivity contribution >= 4 is 52.5 Å². The van der Waals surface area contributed by atoms with Crippen LogP contribution in [-0.2, 0) is 9.59 Å². The first-order valence-corrected chi connectivity index (χ1v) is 7.12. The monoisotopic (exact) mass is 322 g/mol. The first-order chi connectivity index (χ1) is 8.90. The second-order valence-corrected chi connectivity index (χ2v) is 5.51. The van der Waals surface area contributed by atoms with Crippen molar-refractivity contribution in [2.75, 3.05) is 16.8 Å². The number of hydrogen-bond acceptors (Lipinski definition) is 4. The SMILES string of the molecule is N[C@H](CSCC(=O)Nc1cc(Cl)ccc1Cl)C(=O)O. The number of halogens is 2. The molecule has 1 aromatic rings. The van der Waals surface area contributed by atoms with E-state index >= 15 is 0 Å². The van der Waals surface area contributed by atoms with Crippen molar-refractivity contribution in [2.24, 2.45) is 5.73 Å². The van der Waals surface area contributed by atoms with Crippen molar-refractivity contribution in [1.82, 2.24) is 0 Å². The number of thioether (sulfide) groups is 1. The number of carbonyl (C=O) groups is 2. The van der Waals surface area contributed by atoms with E-state index in [1.54, 1.807) is 12.1 Å². The van der Waals surface area contributed by atoms with Gasteiger partial charge in [0.1, 0.15) is 6.04 Å². The van der Waals surface area contributed by atoms with Gasteiger partial charge in [0.25, 0.3) is 0 Å². The largest absolute Gasteiger partial charge is 0.480 e. The molecule has 0 bridgehead atoms. The summed E-state index contributed by atoms with van der Waals surface area (Å²) >= 11 is 12.8. The molecule has 1 amide bonds. The number of aliphatic carboxylic acids is 1. The third-order valence-corrected chi connectivity index (χ3v) is 3.68. The lowest BCUT2D eigenvalue weighted by molar-refractivity contribution is -0.137. The number of carboxylic acid groups (broad SMARTS) is 1. The van der Waals surface area contributed by atoms with Crippen LogP contribution in [-0.4, -0.2) is 34.5 Å². The average Bonchev–Trinajstić information content (AvgIpc) is 2.33. The molecule has 0 spiro atoms. The molecule has 0 aliphatic carbocycles. The van der Waals surface area contributed by atoms with Gasteiger partial charge in [0.05, 0.1) is 16.5 Å². The molecule has 19 heavy (non-hydrogen) atoms. The lowest BCUT2D eigenvalue weighted by atomic mass is 10.3. The summed E-state index contributed by atoms with van der Waals surface area (Å²) in [5.41, 5.74) is 5.73. The van der Waals surface area contributed by atoms with Gasteiger partial charge in [0.15, 0.2) is 0 Å². The van der Waals surface area contributed by atoms with Crippen LogP contribution >= 0.6 is 35.0 Å². The van der Waals surface area contributed by atoms with E-state index in [0.717, 1.165) is 11.8 Å². The van der Waals surface area contributed by atoms with Crippen molar-refractivity contribution in [1.29, 1.82) is 0 Å². The predicted octanol–water partition coefficient (Wildman–Crippen LogP) is 2.08. The van der Waals surface area contributed by atoms with Crippen molar-refractivity contribution in [2.45, 2.75) is 6.04 Å². The molecule has 0 unspecified atom stereocenters. The molecule has 0 aromatic heterocycles. The predicted molar refractivity (Wildman–Crippen MR) is 78.0 cm³/mol. The number of nitrogens with one attached hydrogen (secondary N) is 1. The minimum absolute atomic E-state index is 0.0871. The zero-order valence-electron chi connectivity index (χ0n) is 9.73. The van der Waals surface area contributed by atoms with E-state index in [1.807, 2.05) is 0 Å². The summed E-state index contributed by atoms with van der Waals surface area (Å²) in [5, 5.41) is 12.0. The highest BCUT2D eigenvalue weighted by Crippen LogP contribution is 2.25. The Labute approximate surface area is 124 Å². The highest BCUT2D eigenvalue weighted by atomic mass is 35.5. The van der Waals surface area contributed by atoms with E-state index in [0.29, 0.717) is 15.7 Å². The summed E-state index contributed by atoms with van der Waals surface area (Å²) in [6.45, 7) is 0. The van der Waals surface area contributed by atoms with Crippen LogP contribution in [0, 0.1) is 0 Å². The summed E-state index contributed by atoms with van der Waals surface area (Å²) in [5.74, 6) is -1.15. The molecule has 8 heteroatoms. The minimum Gasteiger partial charge on any atom is -0.480 e. The maximum atomic E-state index is 11.6. The Morgan fingerprint density at radius 1 is 1.42 bits per heavy atom. The fourth-order valence-electron chi connectivity index (χ4n) is 1.13. The smallest absolute Gasteiger partial charge is 0.321 e. The Kier molecular flexibility index (Phi) is 6.44. The number of anilines is 1. The van der Waals surface area contributed by atoms with Crippen molar-refractivity contribution in [3.63, 3.8) is 0 Å². The van der Waals surface area contributed by atoms with Crippen LogP contribution in [0.15, 0.2) is 18.2 Å². The van der Waals surface area contributed by atoms with Crippen LogP contribution < -0.4 is 11.1 Å². The van der Waals surface area contributed by atoms with Gasteiger partial charge in [0.2, 0.25) is 5.91 Å². The van der Waals surface area contributed by atoms with Crippen LogP contribution in [0.25, 0.3) is 0 Å². The van der Waals surface area contributed by atoms with E-state index in [1.165, 1.54) is 6.07 Å². The second-order valence-electron chi connectivity index (χ2n) is 3.63. The summed E-state index contributed by atoms with van der Waals surface area (Å²) in [6, 6.07) is 3.75. The molecule has 104 valence electrons. The third kappa shape index (κ3) is 5.69. The van der Waals surface area contributed by atoms with E-state index in [-0.39, 0.29) is 17.4 Å². The number of carboxylic acids is 1. The average molecular weight is 323 g/mol. The minimum atomic E-state index is -1.09. The zero-order valence-corrected chi connectivity index (χ0v) is 12.1. The summed E-state index contributed by atoms with van der Waals surface area (Å²) in [4.78, 5) is 22.1. The first kappa shape index (κ1) is 16.1. The van der Waals surface area contributed by atoms with E-state index < -0.39 is 12.0 Å². The Morgan fingerprint density at radius 3 is 2.74 bits per heavy atom. The molecule has 0 saturated heterocycles. The molecule has 1 aromatic carbocycles. The van der Waals surface area contributed by atoms with Gasteiger partial charge in [-0.15, -0.1) is 11.8 Å². The lowest BCUT2D eigenvalue weighted by Gasteiger charge is -2.08. The van der Waals surface area contributed by atoms with Gasteiger partial charge in [-0.3, -0.25) is 9.59 Å². The van der Waals surface area contributed by atoms with Crippen LogP contribution in [0.1, 0.15) is 0 Å². The molecule has 4 N–H and O–H groups in total. The normalized spacial score (nSPS) is 11.9. The maximum absolute atomic E-state index is 11.6. The second kappa shape index (κ2) is 7.59. The van der Waals surface area contributed by atoms with Gasteiger partial charge < -0.3 is 16.2 Å². The van der Waals surface area contributed by atoms with E-state index in [4.69, 9.17) is 34.0 Å². The molecule has 0 aliphatic rings. The first-order valence-electron chi connectivity index (χ1n) is 5.21. The number of benzene rings is 1. The maximum Gasteiger partial charge on any atom is 0.321 e. The Hall–Kier alpha value is -0.950. The van der Waals surface area contributed by atoms with Gasteiger partial charge >= 0.3 is 5.97 Å². The summed E-state index contributed by atoms with van der Waals surface area (Å²) < 4.78 is 0. The van der Waals surface area contributed by atoms with E-state index in [2.05, 4.69) is 5.32 Å². The van der Waals surface area contributed by atoms with Gasteiger partial charge in [-0.1, -0.05) is 23.2 Å². The number of amides is 1. The molecular formula is C11H12Cl2N2O3S. The standard InChI is InChI=1S/C11H12Cl2N2O3S/c12-6-1-2-7(13)9(3-6)15-10(16)5-19-4-8(14)11(17)18/h1-3,8H,4-5,14H2,(H,15,16)(H,17,18)/t8-/m1/s1. The van der Waals surface area contributed by atoms with Crippen molar-refractivity contribution in [3.05, 3.63) is 28.2 Å². The van der Waals surface area contributed by atoms with Gasteiger partial charge in [-0.25, -0.2) is 0 Å². The fraction of sp³-hybridized carbons (Fsp3) is 0.273. The van der Waals surface area contributed by atoms with Crippen LogP contribution in [0.5, 0.6) is 0 Å². The number of rotatable bonds is 6. The highest BCUT2D eigenvalue weighted by Gasteiger charge is 2.13. The highest BCUT2D eigenvalue weighted by molar-refractivity contribution is 8.00. The van der Waals surface area contributed by atoms with Gasteiger partial charge in [-0.2, -0.15) is 0 Å². The van der Waals surface area contributed by atoms with Crippen LogP contribution in [0.3, 0.4) is 0 Å². The van der Waals surface area contributed by atoms with Crippen molar-refractivity contribution in [3.8, 4) is 0 Å². The number of hydrogen-bond donors (Lipinski definition) is 3. The summed E-state index contributed by atoms with van der Waals surface area (Å²) in [6.07, 6.45) is 0. The summed E-state index contributed by atoms with van der Waals surface area (Å²) in [7, 11) is 0. The molecule has 1 atom stereocenters.